The van der Waals surface area contributed by atoms with Crippen molar-refractivity contribution in [2.45, 2.75) is 45.1 Å². The van der Waals surface area contributed by atoms with Crippen LogP contribution in [0.25, 0.3) is 5.69 Å². The average Bonchev–Trinajstić information content (AvgIpc) is 3.17. The van der Waals surface area contributed by atoms with E-state index in [9.17, 15) is 4.39 Å². The lowest BCUT2D eigenvalue weighted by atomic mass is 10.2. The minimum Gasteiger partial charge on any atom is -0.376 e. The maximum absolute atomic E-state index is 14.3. The lowest BCUT2D eigenvalue weighted by Crippen LogP contribution is -2.07. The minimum atomic E-state index is -0.372. The van der Waals surface area contributed by atoms with E-state index < -0.39 is 0 Å². The quantitative estimate of drug-likeness (QED) is 0.704. The molecule has 3 aromatic rings. The Bertz CT molecular complexity index is 871. The largest absolute Gasteiger partial charge is 0.376 e. The third-order valence-electron chi connectivity index (χ3n) is 4.04. The second-order valence-corrected chi connectivity index (χ2v) is 6.10. The van der Waals surface area contributed by atoms with Crippen LogP contribution in [0, 0.1) is 5.82 Å². The van der Waals surface area contributed by atoms with Crippen molar-refractivity contribution in [2.24, 2.45) is 0 Å². The van der Waals surface area contributed by atoms with E-state index in [1.165, 1.54) is 10.7 Å². The van der Waals surface area contributed by atoms with Crippen molar-refractivity contribution >= 4 is 5.69 Å². The number of aromatic nitrogens is 6. The van der Waals surface area contributed by atoms with E-state index >= 15 is 0 Å². The Hall–Kier alpha value is -2.84. The Balaban J connectivity index is 1.52. The zero-order valence-corrected chi connectivity index (χ0v) is 13.8. The topological polar surface area (TPSA) is 94.6 Å². The summed E-state index contributed by atoms with van der Waals surface area (Å²) in [4.78, 5) is 4.30. The maximum atomic E-state index is 14.3. The smallest absolute Gasteiger partial charge is 0.245 e. The summed E-state index contributed by atoms with van der Waals surface area (Å²) in [7, 11) is 0. The number of hydrogen-bond acceptors (Lipinski definition) is 7. The van der Waals surface area contributed by atoms with Crippen molar-refractivity contribution in [3.63, 3.8) is 0 Å². The van der Waals surface area contributed by atoms with E-state index in [1.807, 2.05) is 0 Å². The van der Waals surface area contributed by atoms with Crippen LogP contribution < -0.4 is 5.32 Å². The number of anilines is 1. The molecular formula is C16H18FN7O. The van der Waals surface area contributed by atoms with E-state index in [-0.39, 0.29) is 5.82 Å². The molecule has 1 saturated carbocycles. The Morgan fingerprint density at radius 3 is 3.04 bits per heavy atom. The molecule has 25 heavy (non-hydrogen) atoms. The molecule has 0 bridgehead atoms. The fourth-order valence-corrected chi connectivity index (χ4v) is 2.61. The first-order chi connectivity index (χ1) is 12.2. The van der Waals surface area contributed by atoms with Crippen molar-refractivity contribution in [3.05, 3.63) is 41.6 Å². The Morgan fingerprint density at radius 2 is 2.24 bits per heavy atom. The third-order valence-corrected chi connectivity index (χ3v) is 4.04. The van der Waals surface area contributed by atoms with Gasteiger partial charge in [-0.2, -0.15) is 9.67 Å². The second kappa shape index (κ2) is 6.58. The number of nitrogens with one attached hydrogen (secondary N) is 1. The summed E-state index contributed by atoms with van der Waals surface area (Å²) >= 11 is 0. The molecule has 1 N–H and O–H groups in total. The summed E-state index contributed by atoms with van der Waals surface area (Å²) in [5.74, 6) is 1.85. The Morgan fingerprint density at radius 1 is 1.36 bits per heavy atom. The molecule has 130 valence electrons. The highest BCUT2D eigenvalue weighted by Crippen LogP contribution is 2.39. The molecule has 1 aliphatic carbocycles. The highest BCUT2D eigenvalue weighted by Gasteiger charge is 2.30. The molecule has 0 radical (unpaired) electrons. The van der Waals surface area contributed by atoms with Crippen LogP contribution in [0.2, 0.25) is 0 Å². The van der Waals surface area contributed by atoms with E-state index in [0.29, 0.717) is 35.7 Å². The van der Waals surface area contributed by atoms with Crippen molar-refractivity contribution in [1.82, 2.24) is 30.3 Å². The zero-order chi connectivity index (χ0) is 17.2. The highest BCUT2D eigenvalue weighted by atomic mass is 19.1. The van der Waals surface area contributed by atoms with Gasteiger partial charge in [0.25, 0.3) is 0 Å². The fraction of sp³-hybridized carbons (Fsp3) is 0.438. The zero-order valence-electron chi connectivity index (χ0n) is 13.8. The number of benzene rings is 1. The summed E-state index contributed by atoms with van der Waals surface area (Å²) in [6.07, 6.45) is 3.82. The number of tetrazole rings is 1. The fourth-order valence-electron chi connectivity index (χ4n) is 2.61. The van der Waals surface area contributed by atoms with Crippen molar-refractivity contribution < 1.29 is 8.91 Å². The summed E-state index contributed by atoms with van der Waals surface area (Å²) < 4.78 is 20.9. The van der Waals surface area contributed by atoms with Crippen LogP contribution in [0.1, 0.15) is 49.6 Å². The van der Waals surface area contributed by atoms with Gasteiger partial charge in [0.1, 0.15) is 11.5 Å². The van der Waals surface area contributed by atoms with Crippen LogP contribution in [0.4, 0.5) is 10.1 Å². The molecule has 1 fully saturated rings. The summed E-state index contributed by atoms with van der Waals surface area (Å²) in [6, 6.07) is 4.73. The standard InChI is InChI=1S/C16H18FN7O/c1-2-3-14-19-15(25-21-14)9-18-11-6-7-12(17)13(8-11)24-16(10-4-5-10)20-22-23-24/h6-8,10,18H,2-5,9H2,1H3. The molecule has 9 heteroatoms. The molecule has 1 aromatic carbocycles. The molecule has 0 atom stereocenters. The van der Waals surface area contributed by atoms with Crippen molar-refractivity contribution in [2.75, 3.05) is 5.32 Å². The molecule has 0 spiro atoms. The summed E-state index contributed by atoms with van der Waals surface area (Å²) in [6.45, 7) is 2.43. The van der Waals surface area contributed by atoms with Gasteiger partial charge in [-0.1, -0.05) is 12.1 Å². The van der Waals surface area contributed by atoms with Crippen LogP contribution in [0.5, 0.6) is 0 Å². The number of nitrogens with zero attached hydrogens (tertiary/aromatic N) is 6. The van der Waals surface area contributed by atoms with Gasteiger partial charge in [0.2, 0.25) is 5.89 Å². The van der Waals surface area contributed by atoms with Gasteiger partial charge in [-0.15, -0.1) is 5.10 Å². The van der Waals surface area contributed by atoms with Crippen LogP contribution >= 0.6 is 0 Å². The molecule has 4 rings (SSSR count). The van der Waals surface area contributed by atoms with Gasteiger partial charge in [0.15, 0.2) is 11.6 Å². The predicted molar refractivity (Wildman–Crippen MR) is 86.7 cm³/mol. The molecule has 0 saturated heterocycles. The number of halogens is 1. The number of aryl methyl sites for hydroxylation is 1. The first-order valence-electron chi connectivity index (χ1n) is 8.38. The molecule has 2 heterocycles. The van der Waals surface area contributed by atoms with Crippen molar-refractivity contribution in [1.29, 1.82) is 0 Å². The second-order valence-electron chi connectivity index (χ2n) is 6.10. The average molecular weight is 343 g/mol. The van der Waals surface area contributed by atoms with Crippen LogP contribution in [-0.2, 0) is 13.0 Å². The normalized spacial score (nSPS) is 14.0. The van der Waals surface area contributed by atoms with Gasteiger partial charge in [-0.25, -0.2) is 4.39 Å². The number of rotatable bonds is 7. The van der Waals surface area contributed by atoms with E-state index in [0.717, 1.165) is 31.4 Å². The number of hydrogen-bond donors (Lipinski definition) is 1. The Labute approximate surface area is 143 Å². The van der Waals surface area contributed by atoms with E-state index in [4.69, 9.17) is 4.52 Å². The lowest BCUT2D eigenvalue weighted by molar-refractivity contribution is 0.377. The Kier molecular flexibility index (Phi) is 4.12. The molecular weight excluding hydrogens is 325 g/mol. The molecule has 0 unspecified atom stereocenters. The first kappa shape index (κ1) is 15.7. The first-order valence-corrected chi connectivity index (χ1v) is 8.38. The SMILES string of the molecule is CCCc1noc(CNc2ccc(F)c(-n3nnnc3C3CC3)c2)n1. The molecule has 8 nitrogen and oxygen atoms in total. The molecule has 1 aliphatic rings. The summed E-state index contributed by atoms with van der Waals surface area (Å²) in [5.41, 5.74) is 1.05. The predicted octanol–water partition coefficient (Wildman–Crippen LogP) is 2.63. The van der Waals surface area contributed by atoms with Gasteiger partial charge in [-0.3, -0.25) is 0 Å². The van der Waals surface area contributed by atoms with Crippen LogP contribution in [-0.4, -0.2) is 30.3 Å². The van der Waals surface area contributed by atoms with E-state index in [2.05, 4.69) is 37.9 Å². The monoisotopic (exact) mass is 343 g/mol. The van der Waals surface area contributed by atoms with Crippen LogP contribution in [0.3, 0.4) is 0 Å². The molecule has 2 aromatic heterocycles. The van der Waals surface area contributed by atoms with E-state index in [1.54, 1.807) is 12.1 Å². The van der Waals surface area contributed by atoms with Gasteiger partial charge < -0.3 is 9.84 Å². The van der Waals surface area contributed by atoms with Gasteiger partial charge in [0, 0.05) is 18.0 Å². The van der Waals surface area contributed by atoms with Crippen LogP contribution in [0.15, 0.2) is 22.7 Å². The van der Waals surface area contributed by atoms with Gasteiger partial charge in [-0.05, 0) is 47.9 Å². The minimum absolute atomic E-state index is 0.321. The van der Waals surface area contributed by atoms with Gasteiger partial charge in [0.05, 0.1) is 6.54 Å². The highest BCUT2D eigenvalue weighted by molar-refractivity contribution is 5.52. The lowest BCUT2D eigenvalue weighted by Gasteiger charge is -2.09. The third kappa shape index (κ3) is 3.35. The summed E-state index contributed by atoms with van der Waals surface area (Å²) in [5, 5.41) is 18.7. The maximum Gasteiger partial charge on any atom is 0.245 e. The van der Waals surface area contributed by atoms with Crippen molar-refractivity contribution in [3.8, 4) is 5.69 Å². The molecule has 0 amide bonds. The molecule has 0 aliphatic heterocycles. The van der Waals surface area contributed by atoms with Gasteiger partial charge >= 0.3 is 0 Å².